The van der Waals surface area contributed by atoms with Crippen LogP contribution >= 0.6 is 11.6 Å². The molecule has 3 rings (SSSR count). The summed E-state index contributed by atoms with van der Waals surface area (Å²) in [5.74, 6) is -0.405. The highest BCUT2D eigenvalue weighted by Gasteiger charge is 2.13. The van der Waals surface area contributed by atoms with Gasteiger partial charge in [-0.1, -0.05) is 29.8 Å². The first-order valence-corrected chi connectivity index (χ1v) is 7.99. The van der Waals surface area contributed by atoms with Gasteiger partial charge in [0.05, 0.1) is 30.5 Å². The highest BCUT2D eigenvalue weighted by atomic mass is 35.5. The lowest BCUT2D eigenvalue weighted by Crippen LogP contribution is -2.16. The second-order valence-electron chi connectivity index (χ2n) is 5.35. The SMILES string of the molecule is O=C(CCn1ccc([N+](=O)[O-])n1)Nc1ncn(Cc2ccccc2Cl)n1. The molecule has 0 aliphatic carbocycles. The van der Waals surface area contributed by atoms with Crippen molar-refractivity contribution in [2.24, 2.45) is 0 Å². The molecule has 0 atom stereocenters. The second-order valence-corrected chi connectivity index (χ2v) is 5.76. The molecule has 134 valence electrons. The Labute approximate surface area is 152 Å². The summed E-state index contributed by atoms with van der Waals surface area (Å²) in [7, 11) is 0. The molecule has 2 aromatic heterocycles. The normalized spacial score (nSPS) is 10.7. The van der Waals surface area contributed by atoms with Gasteiger partial charge in [-0.15, -0.1) is 5.10 Å². The largest absolute Gasteiger partial charge is 0.389 e. The van der Waals surface area contributed by atoms with Crippen molar-refractivity contribution in [3.63, 3.8) is 0 Å². The summed E-state index contributed by atoms with van der Waals surface area (Å²) in [4.78, 5) is 26.0. The van der Waals surface area contributed by atoms with Crippen LogP contribution in [0.2, 0.25) is 5.02 Å². The molecule has 0 saturated carbocycles. The minimum atomic E-state index is -0.591. The summed E-state index contributed by atoms with van der Waals surface area (Å²) >= 11 is 6.10. The molecule has 0 fully saturated rings. The highest BCUT2D eigenvalue weighted by molar-refractivity contribution is 6.31. The van der Waals surface area contributed by atoms with Gasteiger partial charge in [-0.3, -0.25) is 10.1 Å². The molecule has 1 aromatic carbocycles. The van der Waals surface area contributed by atoms with E-state index in [-0.39, 0.29) is 30.6 Å². The Morgan fingerprint density at radius 1 is 1.23 bits per heavy atom. The van der Waals surface area contributed by atoms with Gasteiger partial charge >= 0.3 is 5.82 Å². The van der Waals surface area contributed by atoms with E-state index in [0.717, 1.165) is 5.56 Å². The maximum atomic E-state index is 12.0. The minimum absolute atomic E-state index is 0.0812. The number of hydrogen-bond acceptors (Lipinski definition) is 6. The number of hydrogen-bond donors (Lipinski definition) is 1. The van der Waals surface area contributed by atoms with Crippen LogP contribution in [-0.2, 0) is 17.9 Å². The van der Waals surface area contributed by atoms with Gasteiger partial charge in [0.2, 0.25) is 11.9 Å². The van der Waals surface area contributed by atoms with Gasteiger partial charge in [0.25, 0.3) is 0 Å². The van der Waals surface area contributed by atoms with Crippen molar-refractivity contribution in [1.82, 2.24) is 24.5 Å². The number of nitrogens with one attached hydrogen (secondary N) is 1. The van der Waals surface area contributed by atoms with E-state index >= 15 is 0 Å². The van der Waals surface area contributed by atoms with E-state index in [2.05, 4.69) is 20.5 Å². The Kier molecular flexibility index (Phi) is 5.23. The molecule has 1 N–H and O–H groups in total. The molecule has 0 spiro atoms. The Balaban J connectivity index is 1.52. The smallest absolute Gasteiger partial charge is 0.358 e. The van der Waals surface area contributed by atoms with Gasteiger partial charge in [0, 0.05) is 11.4 Å². The Morgan fingerprint density at radius 3 is 2.77 bits per heavy atom. The zero-order valence-electron chi connectivity index (χ0n) is 13.4. The van der Waals surface area contributed by atoms with Crippen molar-refractivity contribution >= 4 is 29.3 Å². The zero-order chi connectivity index (χ0) is 18.5. The molecule has 11 heteroatoms. The Hall–Kier alpha value is -3.27. The van der Waals surface area contributed by atoms with Crippen LogP contribution in [-0.4, -0.2) is 35.4 Å². The van der Waals surface area contributed by atoms with E-state index in [0.29, 0.717) is 11.6 Å². The molecule has 3 aromatic rings. The van der Waals surface area contributed by atoms with Crippen LogP contribution in [0.15, 0.2) is 42.9 Å². The number of anilines is 1. The Morgan fingerprint density at radius 2 is 2.04 bits per heavy atom. The summed E-state index contributed by atoms with van der Waals surface area (Å²) in [6.07, 6.45) is 3.02. The van der Waals surface area contributed by atoms with Crippen molar-refractivity contribution in [1.29, 1.82) is 0 Å². The molecule has 0 aliphatic heterocycles. The fourth-order valence-corrected chi connectivity index (χ4v) is 2.40. The van der Waals surface area contributed by atoms with Crippen LogP contribution < -0.4 is 5.32 Å². The summed E-state index contributed by atoms with van der Waals surface area (Å²) in [5.41, 5.74) is 0.886. The molecule has 2 heterocycles. The number of nitrogens with zero attached hydrogens (tertiary/aromatic N) is 6. The molecule has 0 radical (unpaired) electrons. The first kappa shape index (κ1) is 17.5. The van der Waals surface area contributed by atoms with Gasteiger partial charge in [-0.25, -0.2) is 9.67 Å². The molecular weight excluding hydrogens is 362 g/mol. The third-order valence-corrected chi connectivity index (χ3v) is 3.83. The van der Waals surface area contributed by atoms with Crippen molar-refractivity contribution in [3.8, 4) is 0 Å². The third-order valence-electron chi connectivity index (χ3n) is 3.46. The summed E-state index contributed by atoms with van der Waals surface area (Å²) < 4.78 is 2.90. The predicted octanol–water partition coefficient (Wildman–Crippen LogP) is 2.11. The lowest BCUT2D eigenvalue weighted by Gasteiger charge is -2.03. The van der Waals surface area contributed by atoms with Gasteiger partial charge in [-0.05, 0) is 16.6 Å². The standard InChI is InChI=1S/C15H14ClN7O3/c16-12-4-2-1-3-11(12)9-22-10-17-15(20-22)18-14(24)6-8-21-7-5-13(19-21)23(25)26/h1-5,7,10H,6,8-9H2,(H,18,20,24). The summed E-state index contributed by atoms with van der Waals surface area (Å²) in [6, 6.07) is 8.66. The minimum Gasteiger partial charge on any atom is -0.358 e. The number of rotatable bonds is 7. The van der Waals surface area contributed by atoms with Crippen LogP contribution in [0, 0.1) is 10.1 Å². The molecule has 0 saturated heterocycles. The fraction of sp³-hybridized carbons (Fsp3) is 0.200. The van der Waals surface area contributed by atoms with E-state index in [9.17, 15) is 14.9 Å². The quantitative estimate of drug-likeness (QED) is 0.498. The van der Waals surface area contributed by atoms with Gasteiger partial charge in [0.1, 0.15) is 6.33 Å². The van der Waals surface area contributed by atoms with E-state index in [4.69, 9.17) is 11.6 Å². The van der Waals surface area contributed by atoms with E-state index in [1.807, 2.05) is 18.2 Å². The van der Waals surface area contributed by atoms with Gasteiger partial charge < -0.3 is 10.1 Å². The number of amides is 1. The average Bonchev–Trinajstić information content (AvgIpc) is 3.25. The second kappa shape index (κ2) is 7.74. The molecule has 0 bridgehead atoms. The molecule has 10 nitrogen and oxygen atoms in total. The monoisotopic (exact) mass is 375 g/mol. The Bertz CT molecular complexity index is 937. The molecule has 1 amide bonds. The fourth-order valence-electron chi connectivity index (χ4n) is 2.21. The van der Waals surface area contributed by atoms with Crippen LogP contribution in [0.4, 0.5) is 11.8 Å². The molecule has 0 aliphatic rings. The predicted molar refractivity (Wildman–Crippen MR) is 92.7 cm³/mol. The number of halogens is 1. The van der Waals surface area contributed by atoms with Crippen LogP contribution in [0.25, 0.3) is 0 Å². The van der Waals surface area contributed by atoms with Crippen molar-refractivity contribution in [3.05, 3.63) is 63.6 Å². The number of carbonyl (C=O) groups excluding carboxylic acids is 1. The van der Waals surface area contributed by atoms with Crippen molar-refractivity contribution in [2.75, 3.05) is 5.32 Å². The maximum absolute atomic E-state index is 12.0. The van der Waals surface area contributed by atoms with Crippen molar-refractivity contribution < 1.29 is 9.72 Å². The molecule has 26 heavy (non-hydrogen) atoms. The topological polar surface area (TPSA) is 121 Å². The number of nitro groups is 1. The third kappa shape index (κ3) is 4.42. The van der Waals surface area contributed by atoms with Crippen LogP contribution in [0.1, 0.15) is 12.0 Å². The van der Waals surface area contributed by atoms with E-state index < -0.39 is 4.92 Å². The average molecular weight is 376 g/mol. The van der Waals surface area contributed by atoms with E-state index in [1.165, 1.54) is 23.3 Å². The first-order valence-electron chi connectivity index (χ1n) is 7.62. The lowest BCUT2D eigenvalue weighted by molar-refractivity contribution is -0.389. The zero-order valence-corrected chi connectivity index (χ0v) is 14.2. The highest BCUT2D eigenvalue weighted by Crippen LogP contribution is 2.16. The van der Waals surface area contributed by atoms with Crippen LogP contribution in [0.3, 0.4) is 0 Å². The summed E-state index contributed by atoms with van der Waals surface area (Å²) in [6.45, 7) is 0.638. The van der Waals surface area contributed by atoms with Crippen LogP contribution in [0.5, 0.6) is 0 Å². The number of aromatic nitrogens is 5. The molecular formula is C15H14ClN7O3. The lowest BCUT2D eigenvalue weighted by atomic mass is 10.2. The van der Waals surface area contributed by atoms with Gasteiger partial charge in [-0.2, -0.15) is 4.68 Å². The van der Waals surface area contributed by atoms with Crippen molar-refractivity contribution in [2.45, 2.75) is 19.5 Å². The number of carbonyl (C=O) groups is 1. The summed E-state index contributed by atoms with van der Waals surface area (Å²) in [5, 5.41) is 21.7. The van der Waals surface area contributed by atoms with E-state index in [1.54, 1.807) is 10.7 Å². The maximum Gasteiger partial charge on any atom is 0.389 e. The first-order chi connectivity index (χ1) is 12.5. The van der Waals surface area contributed by atoms with Gasteiger partial charge in [0.15, 0.2) is 0 Å². The number of aryl methyl sites for hydroxylation is 1. The number of benzene rings is 1. The molecule has 0 unspecified atom stereocenters.